The third-order valence-electron chi connectivity index (χ3n) is 5.33. The molecule has 5 rings (SSSR count). The number of hydrogen-bond donors (Lipinski definition) is 0. The van der Waals surface area contributed by atoms with E-state index in [4.69, 9.17) is 14.5 Å². The third kappa shape index (κ3) is 3.99. The standard InChI is InChI=1S/C25H22N2O3S/c1-16-10-17(2)24-22(11-16)31-25(26-24)27(14-18-6-4-3-5-7-18)23(28)13-19-8-9-20-21(12-19)30-15-29-20/h3-12H,13-15H2,1-2H3. The summed E-state index contributed by atoms with van der Waals surface area (Å²) < 4.78 is 11.9. The summed E-state index contributed by atoms with van der Waals surface area (Å²) in [6, 6.07) is 19.9. The number of ether oxygens (including phenoxy) is 2. The van der Waals surface area contributed by atoms with E-state index in [-0.39, 0.29) is 19.1 Å². The molecule has 1 amide bonds. The van der Waals surface area contributed by atoms with E-state index in [1.54, 1.807) is 16.2 Å². The van der Waals surface area contributed by atoms with Crippen LogP contribution in [0.4, 0.5) is 5.13 Å². The zero-order chi connectivity index (χ0) is 21.4. The first kappa shape index (κ1) is 19.6. The van der Waals surface area contributed by atoms with Gasteiger partial charge in [-0.05, 0) is 54.3 Å². The molecule has 0 bridgehead atoms. The summed E-state index contributed by atoms with van der Waals surface area (Å²) in [6.45, 7) is 4.84. The normalized spacial score (nSPS) is 12.3. The van der Waals surface area contributed by atoms with Crippen molar-refractivity contribution in [3.05, 3.63) is 82.9 Å². The van der Waals surface area contributed by atoms with E-state index in [0.717, 1.165) is 32.0 Å². The first-order valence-corrected chi connectivity index (χ1v) is 11.0. The van der Waals surface area contributed by atoms with Crippen molar-refractivity contribution in [3.8, 4) is 11.5 Å². The van der Waals surface area contributed by atoms with Gasteiger partial charge >= 0.3 is 0 Å². The highest BCUT2D eigenvalue weighted by molar-refractivity contribution is 7.22. The maximum atomic E-state index is 13.5. The van der Waals surface area contributed by atoms with E-state index in [1.807, 2.05) is 48.5 Å². The van der Waals surface area contributed by atoms with Crippen molar-refractivity contribution in [3.63, 3.8) is 0 Å². The Bertz CT molecular complexity index is 1270. The molecular weight excluding hydrogens is 408 g/mol. The molecule has 0 atom stereocenters. The number of anilines is 1. The molecule has 4 aromatic rings. The van der Waals surface area contributed by atoms with E-state index >= 15 is 0 Å². The Hall–Kier alpha value is -3.38. The first-order valence-electron chi connectivity index (χ1n) is 10.2. The first-order chi connectivity index (χ1) is 15.1. The molecule has 0 fully saturated rings. The van der Waals surface area contributed by atoms with Crippen LogP contribution in [0.1, 0.15) is 22.3 Å². The molecule has 156 valence electrons. The lowest BCUT2D eigenvalue weighted by Crippen LogP contribution is -2.31. The van der Waals surface area contributed by atoms with E-state index < -0.39 is 0 Å². The average molecular weight is 431 g/mol. The molecule has 1 aliphatic heterocycles. The smallest absolute Gasteiger partial charge is 0.233 e. The van der Waals surface area contributed by atoms with Crippen molar-refractivity contribution in [1.82, 2.24) is 4.98 Å². The van der Waals surface area contributed by atoms with Crippen LogP contribution in [-0.2, 0) is 17.8 Å². The summed E-state index contributed by atoms with van der Waals surface area (Å²) in [4.78, 5) is 20.1. The Morgan fingerprint density at radius 3 is 2.65 bits per heavy atom. The minimum Gasteiger partial charge on any atom is -0.454 e. The number of carbonyl (C=O) groups is 1. The molecule has 31 heavy (non-hydrogen) atoms. The number of fused-ring (bicyclic) bond motifs is 2. The molecule has 1 aromatic heterocycles. The van der Waals surface area contributed by atoms with E-state index in [9.17, 15) is 4.79 Å². The van der Waals surface area contributed by atoms with Crippen molar-refractivity contribution < 1.29 is 14.3 Å². The van der Waals surface area contributed by atoms with Crippen molar-refractivity contribution in [1.29, 1.82) is 0 Å². The maximum absolute atomic E-state index is 13.5. The molecule has 5 nitrogen and oxygen atoms in total. The highest BCUT2D eigenvalue weighted by atomic mass is 32.1. The monoisotopic (exact) mass is 430 g/mol. The van der Waals surface area contributed by atoms with Crippen molar-refractivity contribution in [2.75, 3.05) is 11.7 Å². The second kappa shape index (κ2) is 8.04. The van der Waals surface area contributed by atoms with Gasteiger partial charge in [-0.3, -0.25) is 9.69 Å². The van der Waals surface area contributed by atoms with Gasteiger partial charge in [-0.25, -0.2) is 4.98 Å². The Morgan fingerprint density at radius 2 is 1.81 bits per heavy atom. The summed E-state index contributed by atoms with van der Waals surface area (Å²) in [5.74, 6) is 1.40. The number of aromatic nitrogens is 1. The SMILES string of the molecule is Cc1cc(C)c2nc(N(Cc3ccccc3)C(=O)Cc3ccc4c(c3)OCO4)sc2c1. The fourth-order valence-electron chi connectivity index (χ4n) is 3.82. The molecule has 0 radical (unpaired) electrons. The summed E-state index contributed by atoms with van der Waals surface area (Å²) >= 11 is 1.56. The van der Waals surface area contributed by atoms with Gasteiger partial charge in [0.2, 0.25) is 12.7 Å². The van der Waals surface area contributed by atoms with Gasteiger partial charge in [0, 0.05) is 0 Å². The van der Waals surface area contributed by atoms with Crippen LogP contribution >= 0.6 is 11.3 Å². The largest absolute Gasteiger partial charge is 0.454 e. The van der Waals surface area contributed by atoms with Gasteiger partial charge in [0.25, 0.3) is 0 Å². The van der Waals surface area contributed by atoms with Crippen LogP contribution in [-0.4, -0.2) is 17.7 Å². The van der Waals surface area contributed by atoms with E-state index in [1.165, 1.54) is 5.56 Å². The van der Waals surface area contributed by atoms with E-state index in [0.29, 0.717) is 18.0 Å². The Labute approximate surface area is 184 Å². The zero-order valence-electron chi connectivity index (χ0n) is 17.4. The van der Waals surface area contributed by atoms with E-state index in [2.05, 4.69) is 26.0 Å². The van der Waals surface area contributed by atoms with Gasteiger partial charge in [-0.1, -0.05) is 53.8 Å². The lowest BCUT2D eigenvalue weighted by atomic mass is 10.1. The summed E-state index contributed by atoms with van der Waals surface area (Å²) in [5.41, 5.74) is 5.23. The number of thiazole rings is 1. The molecule has 0 saturated carbocycles. The number of rotatable bonds is 5. The molecule has 1 aliphatic rings. The van der Waals surface area contributed by atoms with Gasteiger partial charge in [0.05, 0.1) is 23.2 Å². The summed E-state index contributed by atoms with van der Waals surface area (Å²) in [7, 11) is 0. The molecule has 0 spiro atoms. The van der Waals surface area contributed by atoms with Crippen LogP contribution in [0.15, 0.2) is 60.7 Å². The Morgan fingerprint density at radius 1 is 1.00 bits per heavy atom. The molecule has 0 aliphatic carbocycles. The molecule has 0 unspecified atom stereocenters. The fourth-order valence-corrected chi connectivity index (χ4v) is 4.98. The molecule has 3 aromatic carbocycles. The number of hydrogen-bond acceptors (Lipinski definition) is 5. The predicted octanol–water partition coefficient (Wildman–Crippen LogP) is 5.42. The second-order valence-electron chi connectivity index (χ2n) is 7.75. The lowest BCUT2D eigenvalue weighted by Gasteiger charge is -2.20. The maximum Gasteiger partial charge on any atom is 0.233 e. The van der Waals surface area contributed by atoms with Crippen LogP contribution < -0.4 is 14.4 Å². The number of aryl methyl sites for hydroxylation is 2. The predicted molar refractivity (Wildman–Crippen MR) is 123 cm³/mol. The van der Waals surface area contributed by atoms with Crippen LogP contribution in [0.5, 0.6) is 11.5 Å². The van der Waals surface area contributed by atoms with Gasteiger partial charge in [-0.2, -0.15) is 0 Å². The van der Waals surface area contributed by atoms with Crippen molar-refractivity contribution in [2.24, 2.45) is 0 Å². The van der Waals surface area contributed by atoms with Crippen LogP contribution in [0.2, 0.25) is 0 Å². The highest BCUT2D eigenvalue weighted by Crippen LogP contribution is 2.35. The molecular formula is C25H22N2O3S. The van der Waals surface area contributed by atoms with Gasteiger partial charge in [0.15, 0.2) is 16.6 Å². The quantitative estimate of drug-likeness (QED) is 0.424. The van der Waals surface area contributed by atoms with Gasteiger partial charge in [-0.15, -0.1) is 0 Å². The summed E-state index contributed by atoms with van der Waals surface area (Å²) in [5, 5.41) is 0.721. The van der Waals surface area contributed by atoms with Crippen molar-refractivity contribution in [2.45, 2.75) is 26.8 Å². The Kier molecular flexibility index (Phi) is 5.08. The molecule has 0 saturated heterocycles. The fraction of sp³-hybridized carbons (Fsp3) is 0.200. The minimum atomic E-state index is -0.00357. The third-order valence-corrected chi connectivity index (χ3v) is 6.35. The van der Waals surface area contributed by atoms with Crippen LogP contribution in [0.3, 0.4) is 0 Å². The highest BCUT2D eigenvalue weighted by Gasteiger charge is 2.22. The topological polar surface area (TPSA) is 51.7 Å². The van der Waals surface area contributed by atoms with Gasteiger partial charge in [0.1, 0.15) is 0 Å². The number of amides is 1. The average Bonchev–Trinajstić information content (AvgIpc) is 3.39. The number of nitrogens with zero attached hydrogens (tertiary/aromatic N) is 2. The minimum absolute atomic E-state index is 0.00357. The number of carbonyl (C=O) groups excluding carboxylic acids is 1. The van der Waals surface area contributed by atoms with Gasteiger partial charge < -0.3 is 9.47 Å². The number of benzene rings is 3. The lowest BCUT2D eigenvalue weighted by molar-refractivity contribution is -0.118. The zero-order valence-corrected chi connectivity index (χ0v) is 18.2. The Balaban J connectivity index is 1.49. The van der Waals surface area contributed by atoms with Crippen LogP contribution in [0, 0.1) is 13.8 Å². The second-order valence-corrected chi connectivity index (χ2v) is 8.76. The van der Waals surface area contributed by atoms with Crippen LogP contribution in [0.25, 0.3) is 10.2 Å². The molecule has 6 heteroatoms. The molecule has 0 N–H and O–H groups in total. The summed E-state index contributed by atoms with van der Waals surface area (Å²) in [6.07, 6.45) is 0.261. The molecule has 2 heterocycles. The van der Waals surface area contributed by atoms with Crippen molar-refractivity contribution >= 4 is 32.6 Å².